The smallest absolute Gasteiger partial charge is 0.254 e. The lowest BCUT2D eigenvalue weighted by molar-refractivity contribution is 0.0693. The summed E-state index contributed by atoms with van der Waals surface area (Å²) >= 11 is 0. The number of carbonyl (C=O) groups excluding carboxylic acids is 2. The Balaban J connectivity index is 1.40. The number of fused-ring (bicyclic) bond motifs is 1. The van der Waals surface area contributed by atoms with Gasteiger partial charge in [0, 0.05) is 40.8 Å². The fourth-order valence-electron chi connectivity index (χ4n) is 3.94. The third kappa shape index (κ3) is 4.17. The van der Waals surface area contributed by atoms with Crippen LogP contribution in [-0.4, -0.2) is 46.9 Å². The maximum absolute atomic E-state index is 13.2. The number of hydrogen-bond donors (Lipinski definition) is 2. The number of H-pyrrole nitrogens is 1. The number of rotatable bonds is 6. The van der Waals surface area contributed by atoms with Crippen molar-refractivity contribution in [2.75, 3.05) is 13.2 Å². The lowest BCUT2D eigenvalue weighted by Gasteiger charge is -2.25. The van der Waals surface area contributed by atoms with Crippen molar-refractivity contribution in [2.24, 2.45) is 0 Å². The molecule has 6 nitrogen and oxygen atoms in total. The Bertz CT molecular complexity index is 1040. The van der Waals surface area contributed by atoms with Crippen molar-refractivity contribution in [3.05, 3.63) is 65.9 Å². The number of ether oxygens (including phenoxy) is 1. The van der Waals surface area contributed by atoms with Gasteiger partial charge in [0.2, 0.25) is 0 Å². The van der Waals surface area contributed by atoms with Gasteiger partial charge >= 0.3 is 0 Å². The molecule has 0 spiro atoms. The Morgan fingerprint density at radius 1 is 1.17 bits per heavy atom. The van der Waals surface area contributed by atoms with Gasteiger partial charge in [-0.25, -0.2) is 0 Å². The highest BCUT2D eigenvalue weighted by atomic mass is 16.5. The van der Waals surface area contributed by atoms with Crippen LogP contribution in [0.25, 0.3) is 10.9 Å². The van der Waals surface area contributed by atoms with Gasteiger partial charge < -0.3 is 19.9 Å². The number of amides is 2. The summed E-state index contributed by atoms with van der Waals surface area (Å²) in [6, 6.07) is 15.0. The fraction of sp³-hybridized carbons (Fsp3) is 0.333. The van der Waals surface area contributed by atoms with Crippen LogP contribution in [0.1, 0.15) is 47.4 Å². The molecule has 2 aromatic carbocycles. The molecule has 0 bridgehead atoms. The standard InChI is InChI=1S/C24H27N3O3/c1-16(2)26-23(28)17-8-10-19(11-9-17)30-15-18-5-4-14-27(18)24(29)21-6-3-7-22-20(21)12-13-25-22/h3,6-13,16,18,25H,4-5,14-15H2,1-2H3,(H,26,28). The zero-order valence-corrected chi connectivity index (χ0v) is 17.4. The molecule has 1 saturated heterocycles. The summed E-state index contributed by atoms with van der Waals surface area (Å²) in [5.74, 6) is 0.651. The van der Waals surface area contributed by atoms with Crippen LogP contribution in [0.3, 0.4) is 0 Å². The van der Waals surface area contributed by atoms with E-state index in [-0.39, 0.29) is 23.9 Å². The largest absolute Gasteiger partial charge is 0.491 e. The minimum Gasteiger partial charge on any atom is -0.491 e. The van der Waals surface area contributed by atoms with Crippen LogP contribution in [-0.2, 0) is 0 Å². The summed E-state index contributed by atoms with van der Waals surface area (Å²) in [5, 5.41) is 3.82. The van der Waals surface area contributed by atoms with Crippen LogP contribution < -0.4 is 10.1 Å². The zero-order valence-electron chi connectivity index (χ0n) is 17.4. The van der Waals surface area contributed by atoms with Crippen molar-refractivity contribution in [1.29, 1.82) is 0 Å². The quantitative estimate of drug-likeness (QED) is 0.651. The molecule has 2 heterocycles. The van der Waals surface area contributed by atoms with Crippen LogP contribution in [0.4, 0.5) is 0 Å². The predicted octanol–water partition coefficient (Wildman–Crippen LogP) is 3.99. The van der Waals surface area contributed by atoms with Crippen LogP contribution >= 0.6 is 0 Å². The molecule has 2 amide bonds. The van der Waals surface area contributed by atoms with Gasteiger partial charge in [0.1, 0.15) is 12.4 Å². The number of benzene rings is 2. The fourth-order valence-corrected chi connectivity index (χ4v) is 3.94. The number of likely N-dealkylation sites (tertiary alicyclic amines) is 1. The first-order valence-electron chi connectivity index (χ1n) is 10.4. The van der Waals surface area contributed by atoms with Gasteiger partial charge in [-0.1, -0.05) is 6.07 Å². The van der Waals surface area contributed by atoms with Crippen LogP contribution in [0, 0.1) is 0 Å². The molecule has 1 aliphatic rings. The lowest BCUT2D eigenvalue weighted by atomic mass is 10.1. The first kappa shape index (κ1) is 20.0. The average Bonchev–Trinajstić information content (AvgIpc) is 3.40. The van der Waals surface area contributed by atoms with E-state index >= 15 is 0 Å². The molecule has 2 N–H and O–H groups in total. The molecule has 1 atom stereocenters. The molecule has 1 aromatic heterocycles. The second-order valence-electron chi connectivity index (χ2n) is 8.00. The van der Waals surface area contributed by atoms with E-state index in [0.29, 0.717) is 17.9 Å². The summed E-state index contributed by atoms with van der Waals surface area (Å²) in [7, 11) is 0. The molecule has 6 heteroatoms. The molecule has 0 saturated carbocycles. The summed E-state index contributed by atoms with van der Waals surface area (Å²) in [5.41, 5.74) is 2.30. The number of aromatic nitrogens is 1. The summed E-state index contributed by atoms with van der Waals surface area (Å²) in [4.78, 5) is 30.3. The average molecular weight is 405 g/mol. The summed E-state index contributed by atoms with van der Waals surface area (Å²) in [6.07, 6.45) is 3.75. The van der Waals surface area contributed by atoms with Crippen molar-refractivity contribution in [3.63, 3.8) is 0 Å². The molecule has 3 aromatic rings. The number of aromatic amines is 1. The van der Waals surface area contributed by atoms with Gasteiger partial charge in [0.15, 0.2) is 0 Å². The van der Waals surface area contributed by atoms with Crippen molar-refractivity contribution in [2.45, 2.75) is 38.8 Å². The molecule has 0 aliphatic carbocycles. The van der Waals surface area contributed by atoms with E-state index in [9.17, 15) is 9.59 Å². The number of carbonyl (C=O) groups is 2. The van der Waals surface area contributed by atoms with E-state index in [1.54, 1.807) is 24.3 Å². The first-order chi connectivity index (χ1) is 14.5. The Labute approximate surface area is 176 Å². The van der Waals surface area contributed by atoms with Gasteiger partial charge in [0.05, 0.1) is 6.04 Å². The molecule has 1 aliphatic heterocycles. The predicted molar refractivity (Wildman–Crippen MR) is 117 cm³/mol. The third-order valence-corrected chi connectivity index (χ3v) is 5.44. The SMILES string of the molecule is CC(C)NC(=O)c1ccc(OCC2CCCN2C(=O)c2cccc3[nH]ccc23)cc1. The highest BCUT2D eigenvalue weighted by Gasteiger charge is 2.30. The maximum Gasteiger partial charge on any atom is 0.254 e. The minimum absolute atomic E-state index is 0.0376. The van der Waals surface area contributed by atoms with E-state index < -0.39 is 0 Å². The van der Waals surface area contributed by atoms with E-state index in [0.717, 1.165) is 35.9 Å². The highest BCUT2D eigenvalue weighted by molar-refractivity contribution is 6.06. The molecular weight excluding hydrogens is 378 g/mol. The first-order valence-corrected chi connectivity index (χ1v) is 10.4. The topological polar surface area (TPSA) is 74.4 Å². The van der Waals surface area contributed by atoms with Crippen LogP contribution in [0.5, 0.6) is 5.75 Å². The van der Waals surface area contributed by atoms with Crippen molar-refractivity contribution in [3.8, 4) is 5.75 Å². The Morgan fingerprint density at radius 3 is 2.73 bits per heavy atom. The Hall–Kier alpha value is -3.28. The van der Waals surface area contributed by atoms with Crippen molar-refractivity contribution in [1.82, 2.24) is 15.2 Å². The number of nitrogens with zero attached hydrogens (tertiary/aromatic N) is 1. The summed E-state index contributed by atoms with van der Waals surface area (Å²) < 4.78 is 5.96. The van der Waals surface area contributed by atoms with Crippen molar-refractivity contribution < 1.29 is 14.3 Å². The Morgan fingerprint density at radius 2 is 1.97 bits per heavy atom. The molecule has 156 valence electrons. The molecule has 4 rings (SSSR count). The summed E-state index contributed by atoms with van der Waals surface area (Å²) in [6.45, 7) is 5.04. The van der Waals surface area contributed by atoms with Crippen molar-refractivity contribution >= 4 is 22.7 Å². The van der Waals surface area contributed by atoms with Gasteiger partial charge in [-0.15, -0.1) is 0 Å². The van der Waals surface area contributed by atoms with Gasteiger partial charge in [-0.3, -0.25) is 9.59 Å². The number of hydrogen-bond acceptors (Lipinski definition) is 3. The molecule has 0 radical (unpaired) electrons. The third-order valence-electron chi connectivity index (χ3n) is 5.44. The van der Waals surface area contributed by atoms with Crippen LogP contribution in [0.2, 0.25) is 0 Å². The van der Waals surface area contributed by atoms with Gasteiger partial charge in [-0.05, 0) is 69.2 Å². The van der Waals surface area contributed by atoms with E-state index in [1.807, 2.05) is 49.2 Å². The molecule has 1 unspecified atom stereocenters. The van der Waals surface area contributed by atoms with Gasteiger partial charge in [-0.2, -0.15) is 0 Å². The second kappa shape index (κ2) is 8.61. The maximum atomic E-state index is 13.2. The number of nitrogens with one attached hydrogen (secondary N) is 2. The molecule has 1 fully saturated rings. The van der Waals surface area contributed by atoms with E-state index in [4.69, 9.17) is 4.74 Å². The Kier molecular flexibility index (Phi) is 5.74. The van der Waals surface area contributed by atoms with E-state index in [1.165, 1.54) is 0 Å². The second-order valence-corrected chi connectivity index (χ2v) is 8.00. The monoisotopic (exact) mass is 405 g/mol. The highest BCUT2D eigenvalue weighted by Crippen LogP contribution is 2.25. The minimum atomic E-state index is -0.0944. The molecular formula is C24H27N3O3. The zero-order chi connectivity index (χ0) is 21.1. The molecule has 30 heavy (non-hydrogen) atoms. The van der Waals surface area contributed by atoms with Gasteiger partial charge in [0.25, 0.3) is 11.8 Å². The van der Waals surface area contributed by atoms with Crippen LogP contribution in [0.15, 0.2) is 54.7 Å². The van der Waals surface area contributed by atoms with E-state index in [2.05, 4.69) is 10.3 Å². The normalized spacial score (nSPS) is 16.2. The lowest BCUT2D eigenvalue weighted by Crippen LogP contribution is -2.39.